The number of hydrogen-bond acceptors (Lipinski definition) is 3. The molecule has 1 unspecified atom stereocenters. The van der Waals surface area contributed by atoms with E-state index in [0.717, 1.165) is 16.8 Å². The van der Waals surface area contributed by atoms with E-state index in [-0.39, 0.29) is 24.9 Å². The summed E-state index contributed by atoms with van der Waals surface area (Å²) in [6, 6.07) is 5.78. The van der Waals surface area contributed by atoms with Gasteiger partial charge in [0.1, 0.15) is 0 Å². The standard InChI is InChI=1S/C14H18N2O3/c1-9-3-4-12(10(2)5-9)16-8-13(17)15-7-11(16)6-14(18)19/h3-5,11H,6-8H2,1-2H3,(H,15,17)(H,18,19). The summed E-state index contributed by atoms with van der Waals surface area (Å²) in [5.41, 5.74) is 3.15. The lowest BCUT2D eigenvalue weighted by molar-refractivity contribution is -0.138. The first-order valence-corrected chi connectivity index (χ1v) is 6.30. The zero-order valence-corrected chi connectivity index (χ0v) is 11.1. The van der Waals surface area contributed by atoms with Crippen LogP contribution >= 0.6 is 0 Å². The summed E-state index contributed by atoms with van der Waals surface area (Å²) in [6.45, 7) is 4.57. The number of piperazine rings is 1. The van der Waals surface area contributed by atoms with Gasteiger partial charge in [-0.3, -0.25) is 9.59 Å². The van der Waals surface area contributed by atoms with Crippen LogP contribution in [-0.4, -0.2) is 36.1 Å². The summed E-state index contributed by atoms with van der Waals surface area (Å²) >= 11 is 0. The molecule has 1 aromatic rings. The number of aliphatic carboxylic acids is 1. The van der Waals surface area contributed by atoms with Crippen molar-refractivity contribution >= 4 is 17.6 Å². The van der Waals surface area contributed by atoms with E-state index in [1.807, 2.05) is 36.9 Å². The van der Waals surface area contributed by atoms with Crippen molar-refractivity contribution in [1.29, 1.82) is 0 Å². The molecule has 1 atom stereocenters. The lowest BCUT2D eigenvalue weighted by Gasteiger charge is -2.37. The average molecular weight is 262 g/mol. The highest BCUT2D eigenvalue weighted by Crippen LogP contribution is 2.25. The SMILES string of the molecule is Cc1ccc(N2CC(=O)NCC2CC(=O)O)c(C)c1. The number of amides is 1. The molecule has 1 amide bonds. The lowest BCUT2D eigenvalue weighted by atomic mass is 10.0. The molecule has 2 N–H and O–H groups in total. The monoisotopic (exact) mass is 262 g/mol. The van der Waals surface area contributed by atoms with Crippen molar-refractivity contribution in [2.24, 2.45) is 0 Å². The van der Waals surface area contributed by atoms with Gasteiger partial charge in [0.05, 0.1) is 19.0 Å². The van der Waals surface area contributed by atoms with Crippen molar-refractivity contribution in [3.05, 3.63) is 29.3 Å². The van der Waals surface area contributed by atoms with Crippen molar-refractivity contribution in [2.45, 2.75) is 26.3 Å². The van der Waals surface area contributed by atoms with E-state index in [9.17, 15) is 9.59 Å². The quantitative estimate of drug-likeness (QED) is 0.855. The maximum atomic E-state index is 11.6. The van der Waals surface area contributed by atoms with Crippen LogP contribution in [0.2, 0.25) is 0 Å². The van der Waals surface area contributed by atoms with E-state index < -0.39 is 5.97 Å². The number of anilines is 1. The van der Waals surface area contributed by atoms with Crippen LogP contribution < -0.4 is 10.2 Å². The van der Waals surface area contributed by atoms with E-state index >= 15 is 0 Å². The number of carbonyl (C=O) groups is 2. The fraction of sp³-hybridized carbons (Fsp3) is 0.429. The molecule has 0 radical (unpaired) electrons. The summed E-state index contributed by atoms with van der Waals surface area (Å²) in [4.78, 5) is 24.4. The number of carboxylic acid groups (broad SMARTS) is 1. The first-order chi connectivity index (χ1) is 8.97. The molecule has 19 heavy (non-hydrogen) atoms. The summed E-state index contributed by atoms with van der Waals surface area (Å²) in [5.74, 6) is -0.919. The predicted octanol–water partition coefficient (Wildman–Crippen LogP) is 1.08. The topological polar surface area (TPSA) is 69.6 Å². The zero-order valence-electron chi connectivity index (χ0n) is 11.1. The number of nitrogens with one attached hydrogen (secondary N) is 1. The fourth-order valence-corrected chi connectivity index (χ4v) is 2.47. The van der Waals surface area contributed by atoms with Crippen LogP contribution in [0.25, 0.3) is 0 Å². The van der Waals surface area contributed by atoms with Crippen molar-refractivity contribution in [3.63, 3.8) is 0 Å². The largest absolute Gasteiger partial charge is 0.481 e. The molecular formula is C14H18N2O3. The Balaban J connectivity index is 2.30. The van der Waals surface area contributed by atoms with Crippen LogP contribution in [0.15, 0.2) is 18.2 Å². The van der Waals surface area contributed by atoms with Crippen LogP contribution in [0.3, 0.4) is 0 Å². The van der Waals surface area contributed by atoms with Gasteiger partial charge >= 0.3 is 5.97 Å². The van der Waals surface area contributed by atoms with E-state index in [2.05, 4.69) is 5.32 Å². The summed E-state index contributed by atoms with van der Waals surface area (Å²) < 4.78 is 0. The highest BCUT2D eigenvalue weighted by atomic mass is 16.4. The first kappa shape index (κ1) is 13.4. The Kier molecular flexibility index (Phi) is 3.74. The highest BCUT2D eigenvalue weighted by molar-refractivity contribution is 5.84. The second-order valence-electron chi connectivity index (χ2n) is 4.97. The minimum Gasteiger partial charge on any atom is -0.481 e. The molecule has 1 saturated heterocycles. The normalized spacial score (nSPS) is 19.2. The molecule has 1 aliphatic rings. The molecule has 1 heterocycles. The van der Waals surface area contributed by atoms with Gasteiger partial charge in [0, 0.05) is 12.2 Å². The second-order valence-corrected chi connectivity index (χ2v) is 4.97. The van der Waals surface area contributed by atoms with Crippen molar-refractivity contribution in [2.75, 3.05) is 18.0 Å². The van der Waals surface area contributed by atoms with Gasteiger partial charge in [-0.25, -0.2) is 0 Å². The van der Waals surface area contributed by atoms with Gasteiger partial charge < -0.3 is 15.3 Å². The average Bonchev–Trinajstić information content (AvgIpc) is 2.31. The van der Waals surface area contributed by atoms with Crippen molar-refractivity contribution in [1.82, 2.24) is 5.32 Å². The van der Waals surface area contributed by atoms with Crippen LogP contribution in [-0.2, 0) is 9.59 Å². The Bertz CT molecular complexity index is 513. The molecule has 0 aliphatic carbocycles. The molecule has 0 bridgehead atoms. The van der Waals surface area contributed by atoms with Gasteiger partial charge in [-0.15, -0.1) is 0 Å². The summed E-state index contributed by atoms with van der Waals surface area (Å²) in [6.07, 6.45) is 0.0214. The number of rotatable bonds is 3. The van der Waals surface area contributed by atoms with Crippen molar-refractivity contribution < 1.29 is 14.7 Å². The number of carboxylic acids is 1. The molecule has 1 aromatic carbocycles. The van der Waals surface area contributed by atoms with Crippen molar-refractivity contribution in [3.8, 4) is 0 Å². The predicted molar refractivity (Wildman–Crippen MR) is 72.3 cm³/mol. The van der Waals surface area contributed by atoms with Crippen LogP contribution in [0, 0.1) is 13.8 Å². The van der Waals surface area contributed by atoms with E-state index in [4.69, 9.17) is 5.11 Å². The Morgan fingerprint density at radius 3 is 2.84 bits per heavy atom. The molecular weight excluding hydrogens is 244 g/mol. The van der Waals surface area contributed by atoms with Gasteiger partial charge in [0.25, 0.3) is 0 Å². The second kappa shape index (κ2) is 5.30. The number of benzene rings is 1. The molecule has 5 nitrogen and oxygen atoms in total. The maximum absolute atomic E-state index is 11.6. The lowest BCUT2D eigenvalue weighted by Crippen LogP contribution is -2.55. The Labute approximate surface area is 112 Å². The van der Waals surface area contributed by atoms with Gasteiger partial charge in [0.15, 0.2) is 0 Å². The molecule has 2 rings (SSSR count). The molecule has 102 valence electrons. The van der Waals surface area contributed by atoms with Crippen LogP contribution in [0.1, 0.15) is 17.5 Å². The molecule has 0 spiro atoms. The minimum atomic E-state index is -0.851. The van der Waals surface area contributed by atoms with Crippen LogP contribution in [0.4, 0.5) is 5.69 Å². The Morgan fingerprint density at radius 2 is 2.21 bits per heavy atom. The molecule has 1 fully saturated rings. The molecule has 0 saturated carbocycles. The maximum Gasteiger partial charge on any atom is 0.305 e. The molecule has 1 aliphatic heterocycles. The van der Waals surface area contributed by atoms with E-state index in [1.165, 1.54) is 0 Å². The number of nitrogens with zero attached hydrogens (tertiary/aromatic N) is 1. The molecule has 5 heteroatoms. The number of carbonyl (C=O) groups excluding carboxylic acids is 1. The molecule has 0 aromatic heterocycles. The van der Waals surface area contributed by atoms with Gasteiger partial charge in [-0.2, -0.15) is 0 Å². The van der Waals surface area contributed by atoms with E-state index in [0.29, 0.717) is 6.54 Å². The Hall–Kier alpha value is -2.04. The van der Waals surface area contributed by atoms with Gasteiger partial charge in [0.2, 0.25) is 5.91 Å². The summed E-state index contributed by atoms with van der Waals surface area (Å²) in [7, 11) is 0. The third-order valence-electron chi connectivity index (χ3n) is 3.36. The number of hydrogen-bond donors (Lipinski definition) is 2. The summed E-state index contributed by atoms with van der Waals surface area (Å²) in [5, 5.41) is 11.7. The smallest absolute Gasteiger partial charge is 0.305 e. The first-order valence-electron chi connectivity index (χ1n) is 6.30. The fourth-order valence-electron chi connectivity index (χ4n) is 2.47. The van der Waals surface area contributed by atoms with E-state index in [1.54, 1.807) is 0 Å². The van der Waals surface area contributed by atoms with Crippen LogP contribution in [0.5, 0.6) is 0 Å². The van der Waals surface area contributed by atoms with Gasteiger partial charge in [-0.1, -0.05) is 17.7 Å². The third kappa shape index (κ3) is 3.05. The van der Waals surface area contributed by atoms with Gasteiger partial charge in [-0.05, 0) is 25.5 Å². The highest BCUT2D eigenvalue weighted by Gasteiger charge is 2.29. The Morgan fingerprint density at radius 1 is 1.47 bits per heavy atom. The third-order valence-corrected chi connectivity index (χ3v) is 3.36. The number of aryl methyl sites for hydroxylation is 2. The zero-order chi connectivity index (χ0) is 14.0. The minimum absolute atomic E-state index is 0.0214.